The van der Waals surface area contributed by atoms with Crippen LogP contribution in [0.2, 0.25) is 0 Å². The Bertz CT molecular complexity index is 675. The standard InChI is InChI=1S/C17H24N6/c1-5-14-8-11-21(18-14)17(4,22-12-9-15(6-2)19-22)23-13-10-16(7-3)20-23/h8-13H,5-7H2,1-4H3. The van der Waals surface area contributed by atoms with E-state index >= 15 is 0 Å². The summed E-state index contributed by atoms with van der Waals surface area (Å²) in [5.41, 5.74) is 3.17. The second kappa shape index (κ2) is 6.02. The summed E-state index contributed by atoms with van der Waals surface area (Å²) in [5, 5.41) is 14.2. The van der Waals surface area contributed by atoms with E-state index in [-0.39, 0.29) is 0 Å². The van der Waals surface area contributed by atoms with Crippen molar-refractivity contribution in [1.29, 1.82) is 0 Å². The summed E-state index contributed by atoms with van der Waals surface area (Å²) in [5.74, 6) is -0.645. The second-order valence-corrected chi connectivity index (χ2v) is 5.79. The zero-order valence-electron chi connectivity index (χ0n) is 14.3. The molecule has 0 radical (unpaired) electrons. The molecule has 23 heavy (non-hydrogen) atoms. The van der Waals surface area contributed by atoms with Crippen LogP contribution >= 0.6 is 0 Å². The monoisotopic (exact) mass is 312 g/mol. The molecule has 0 aliphatic rings. The molecule has 0 aromatic carbocycles. The molecule has 0 fully saturated rings. The van der Waals surface area contributed by atoms with Gasteiger partial charge in [0.2, 0.25) is 5.79 Å². The van der Waals surface area contributed by atoms with Crippen molar-refractivity contribution in [3.8, 4) is 0 Å². The summed E-state index contributed by atoms with van der Waals surface area (Å²) in [4.78, 5) is 0. The van der Waals surface area contributed by atoms with E-state index in [0.29, 0.717) is 0 Å². The lowest BCUT2D eigenvalue weighted by Gasteiger charge is -2.31. The smallest absolute Gasteiger partial charge is 0.225 e. The van der Waals surface area contributed by atoms with Crippen molar-refractivity contribution in [3.05, 3.63) is 53.9 Å². The third-order valence-corrected chi connectivity index (χ3v) is 4.32. The van der Waals surface area contributed by atoms with Crippen molar-refractivity contribution in [2.75, 3.05) is 0 Å². The van der Waals surface area contributed by atoms with Gasteiger partial charge in [0, 0.05) is 25.5 Å². The Kier molecular flexibility index (Phi) is 4.07. The van der Waals surface area contributed by atoms with Crippen LogP contribution in [0.4, 0.5) is 0 Å². The van der Waals surface area contributed by atoms with Crippen molar-refractivity contribution in [2.24, 2.45) is 0 Å². The number of aromatic nitrogens is 6. The number of aryl methyl sites for hydroxylation is 3. The molecule has 122 valence electrons. The molecule has 0 aliphatic heterocycles. The molecule has 0 bridgehead atoms. The van der Waals surface area contributed by atoms with Gasteiger partial charge in [0.1, 0.15) is 0 Å². The molecule has 3 rings (SSSR count). The van der Waals surface area contributed by atoms with Crippen LogP contribution in [0.3, 0.4) is 0 Å². The molecule has 3 aromatic heterocycles. The van der Waals surface area contributed by atoms with Gasteiger partial charge in [-0.2, -0.15) is 15.3 Å². The van der Waals surface area contributed by atoms with E-state index in [1.165, 1.54) is 0 Å². The number of hydrogen-bond acceptors (Lipinski definition) is 3. The maximum Gasteiger partial charge on any atom is 0.245 e. The van der Waals surface area contributed by atoms with E-state index in [4.69, 9.17) is 15.3 Å². The lowest BCUT2D eigenvalue weighted by molar-refractivity contribution is 0.139. The van der Waals surface area contributed by atoms with Gasteiger partial charge >= 0.3 is 0 Å². The Labute approximate surface area is 136 Å². The lowest BCUT2D eigenvalue weighted by Crippen LogP contribution is -2.46. The van der Waals surface area contributed by atoms with Gasteiger partial charge in [-0.15, -0.1) is 0 Å². The van der Waals surface area contributed by atoms with Crippen LogP contribution in [0.15, 0.2) is 36.8 Å². The van der Waals surface area contributed by atoms with Crippen LogP contribution in [-0.4, -0.2) is 29.3 Å². The molecular formula is C17H24N6. The predicted molar refractivity (Wildman–Crippen MR) is 89.3 cm³/mol. The highest BCUT2D eigenvalue weighted by molar-refractivity contribution is 5.07. The van der Waals surface area contributed by atoms with Gasteiger partial charge < -0.3 is 0 Å². The van der Waals surface area contributed by atoms with Gasteiger partial charge in [-0.1, -0.05) is 20.8 Å². The SMILES string of the molecule is CCc1ccn(C(C)(n2ccc(CC)n2)n2ccc(CC)n2)n1. The molecule has 0 amide bonds. The van der Waals surface area contributed by atoms with E-state index in [9.17, 15) is 0 Å². The van der Waals surface area contributed by atoms with Crippen LogP contribution in [-0.2, 0) is 25.0 Å². The van der Waals surface area contributed by atoms with Crippen molar-refractivity contribution in [3.63, 3.8) is 0 Å². The first-order chi connectivity index (χ1) is 11.1. The summed E-state index contributed by atoms with van der Waals surface area (Å²) in [7, 11) is 0. The number of nitrogens with zero attached hydrogens (tertiary/aromatic N) is 6. The van der Waals surface area contributed by atoms with Crippen molar-refractivity contribution < 1.29 is 0 Å². The van der Waals surface area contributed by atoms with Gasteiger partial charge in [-0.05, 0) is 37.5 Å². The van der Waals surface area contributed by atoms with Gasteiger partial charge in [0.05, 0.1) is 17.1 Å². The Hall–Kier alpha value is -2.37. The topological polar surface area (TPSA) is 53.5 Å². The molecule has 3 aromatic rings. The zero-order chi connectivity index (χ0) is 16.4. The fourth-order valence-corrected chi connectivity index (χ4v) is 2.67. The Morgan fingerprint density at radius 1 is 0.696 bits per heavy atom. The second-order valence-electron chi connectivity index (χ2n) is 5.79. The molecule has 0 atom stereocenters. The highest BCUT2D eigenvalue weighted by Crippen LogP contribution is 2.21. The Morgan fingerprint density at radius 3 is 1.22 bits per heavy atom. The zero-order valence-corrected chi connectivity index (χ0v) is 14.3. The van der Waals surface area contributed by atoms with Crippen molar-refractivity contribution in [1.82, 2.24) is 29.3 Å². The largest absolute Gasteiger partial charge is 0.245 e. The number of rotatable bonds is 6. The molecular weight excluding hydrogens is 288 g/mol. The van der Waals surface area contributed by atoms with E-state index in [1.807, 2.05) is 50.8 Å². The summed E-state index contributed by atoms with van der Waals surface area (Å²) in [6.45, 7) is 8.40. The normalized spacial score (nSPS) is 12.0. The molecule has 3 heterocycles. The Balaban J connectivity index is 2.15. The minimum absolute atomic E-state index is 0.645. The molecule has 0 saturated heterocycles. The third-order valence-electron chi connectivity index (χ3n) is 4.32. The average Bonchev–Trinajstić information content (AvgIpc) is 3.33. The first kappa shape index (κ1) is 15.5. The van der Waals surface area contributed by atoms with Crippen LogP contribution < -0.4 is 0 Å². The summed E-state index contributed by atoms with van der Waals surface area (Å²) < 4.78 is 5.81. The molecule has 6 nitrogen and oxygen atoms in total. The van der Waals surface area contributed by atoms with E-state index in [0.717, 1.165) is 36.3 Å². The number of hydrogen-bond donors (Lipinski definition) is 0. The van der Waals surface area contributed by atoms with Gasteiger partial charge in [0.15, 0.2) is 0 Å². The molecule has 0 N–H and O–H groups in total. The molecule has 6 heteroatoms. The van der Waals surface area contributed by atoms with Crippen LogP contribution in [0.5, 0.6) is 0 Å². The third kappa shape index (κ3) is 2.58. The highest BCUT2D eigenvalue weighted by Gasteiger charge is 2.33. The van der Waals surface area contributed by atoms with Gasteiger partial charge in [-0.25, -0.2) is 14.0 Å². The predicted octanol–water partition coefficient (Wildman–Crippen LogP) is 2.69. The van der Waals surface area contributed by atoms with Crippen molar-refractivity contribution in [2.45, 2.75) is 52.7 Å². The fraction of sp³-hybridized carbons (Fsp3) is 0.471. The minimum atomic E-state index is -0.645. The van der Waals surface area contributed by atoms with Gasteiger partial charge in [-0.3, -0.25) is 0 Å². The van der Waals surface area contributed by atoms with E-state index in [2.05, 4.69) is 27.7 Å². The summed E-state index contributed by atoms with van der Waals surface area (Å²) in [6.07, 6.45) is 8.71. The Morgan fingerprint density at radius 2 is 1.00 bits per heavy atom. The molecule has 0 unspecified atom stereocenters. The summed E-state index contributed by atoms with van der Waals surface area (Å²) in [6, 6.07) is 6.14. The van der Waals surface area contributed by atoms with Crippen molar-refractivity contribution >= 4 is 0 Å². The first-order valence-electron chi connectivity index (χ1n) is 8.26. The lowest BCUT2D eigenvalue weighted by atomic mass is 10.3. The quantitative estimate of drug-likeness (QED) is 0.703. The average molecular weight is 312 g/mol. The molecule has 0 spiro atoms. The summed E-state index contributed by atoms with van der Waals surface area (Å²) >= 11 is 0. The highest BCUT2D eigenvalue weighted by atomic mass is 15.6. The maximum absolute atomic E-state index is 4.72. The van der Waals surface area contributed by atoms with E-state index < -0.39 is 5.79 Å². The van der Waals surface area contributed by atoms with Gasteiger partial charge in [0.25, 0.3) is 0 Å². The molecule has 0 aliphatic carbocycles. The van der Waals surface area contributed by atoms with Crippen LogP contribution in [0.1, 0.15) is 44.8 Å². The minimum Gasteiger partial charge on any atom is -0.225 e. The maximum atomic E-state index is 4.72. The van der Waals surface area contributed by atoms with Crippen LogP contribution in [0, 0.1) is 0 Å². The fourth-order valence-electron chi connectivity index (χ4n) is 2.67. The van der Waals surface area contributed by atoms with Crippen LogP contribution in [0.25, 0.3) is 0 Å². The molecule has 0 saturated carbocycles. The van der Waals surface area contributed by atoms with E-state index in [1.54, 1.807) is 0 Å². The first-order valence-corrected chi connectivity index (χ1v) is 8.26.